The Morgan fingerprint density at radius 3 is 2.31 bits per heavy atom. The number of likely N-dealkylation sites (N-methyl/N-ethyl adjacent to an activating group) is 2. The van der Waals surface area contributed by atoms with E-state index in [1.165, 1.54) is 22.2 Å². The normalized spacial score (nSPS) is 16.6. The van der Waals surface area contributed by atoms with E-state index in [9.17, 15) is 18.0 Å². The molecule has 1 aliphatic rings. The van der Waals surface area contributed by atoms with Gasteiger partial charge < -0.3 is 0 Å². The zero-order chi connectivity index (χ0) is 19.1. The summed E-state index contributed by atoms with van der Waals surface area (Å²) in [6, 6.07) is 3.31. The number of sulfone groups is 1. The van der Waals surface area contributed by atoms with Crippen LogP contribution in [0.1, 0.15) is 13.8 Å². The Morgan fingerprint density at radius 2 is 1.77 bits per heavy atom. The molecule has 138 valence electrons. The summed E-state index contributed by atoms with van der Waals surface area (Å²) < 4.78 is 27.6. The van der Waals surface area contributed by atoms with Gasteiger partial charge in [0, 0.05) is 24.7 Å². The Bertz CT molecular complexity index is 992. The molecule has 0 bridgehead atoms. The fourth-order valence-electron chi connectivity index (χ4n) is 2.70. The minimum Gasteiger partial charge on any atom is -0.270 e. The molecule has 11 heteroatoms. The fourth-order valence-corrected chi connectivity index (χ4v) is 4.04. The van der Waals surface area contributed by atoms with Crippen molar-refractivity contribution in [2.75, 3.05) is 19.3 Å². The summed E-state index contributed by atoms with van der Waals surface area (Å²) in [5.41, 5.74) is 0.575. The van der Waals surface area contributed by atoms with Gasteiger partial charge in [-0.15, -0.1) is 5.11 Å². The summed E-state index contributed by atoms with van der Waals surface area (Å²) in [6.07, 6.45) is 1.11. The standard InChI is InChI=1S/C15H17N5O4S2/c1-4-19-14(21)12(15(22)20(19)5-2)16-17-13-10-8-9(26(3,23)24)6-7-11(10)18-25-13/h6-8,12H,4-5H2,1-3H3. The van der Waals surface area contributed by atoms with Gasteiger partial charge in [0.25, 0.3) is 11.8 Å². The van der Waals surface area contributed by atoms with Gasteiger partial charge in [0.15, 0.2) is 14.8 Å². The molecule has 0 unspecified atom stereocenters. The summed E-state index contributed by atoms with van der Waals surface area (Å²) >= 11 is 1.03. The second kappa shape index (κ2) is 6.72. The molecule has 2 heterocycles. The van der Waals surface area contributed by atoms with Gasteiger partial charge in [0.2, 0.25) is 6.04 Å². The Labute approximate surface area is 154 Å². The maximum absolute atomic E-state index is 12.3. The molecule has 3 rings (SSSR count). The van der Waals surface area contributed by atoms with Crippen LogP contribution in [0.4, 0.5) is 5.00 Å². The van der Waals surface area contributed by atoms with Crippen LogP contribution < -0.4 is 0 Å². The largest absolute Gasteiger partial charge is 0.277 e. The lowest BCUT2D eigenvalue weighted by Crippen LogP contribution is -2.40. The minimum absolute atomic E-state index is 0.143. The molecule has 0 aliphatic carbocycles. The number of aromatic nitrogens is 1. The van der Waals surface area contributed by atoms with E-state index >= 15 is 0 Å². The van der Waals surface area contributed by atoms with E-state index in [0.717, 1.165) is 17.8 Å². The van der Waals surface area contributed by atoms with Crippen LogP contribution >= 0.6 is 11.5 Å². The third-order valence-electron chi connectivity index (χ3n) is 3.99. The van der Waals surface area contributed by atoms with E-state index in [1.807, 2.05) is 0 Å². The number of carbonyl (C=O) groups excluding carboxylic acids is 2. The molecule has 9 nitrogen and oxygen atoms in total. The van der Waals surface area contributed by atoms with E-state index in [-0.39, 0.29) is 4.90 Å². The predicted octanol–water partition coefficient (Wildman–Crippen LogP) is 1.78. The average molecular weight is 395 g/mol. The van der Waals surface area contributed by atoms with Gasteiger partial charge in [-0.3, -0.25) is 9.59 Å². The molecule has 0 atom stereocenters. The molecule has 1 saturated heterocycles. The Kier molecular flexibility index (Phi) is 4.76. The first-order chi connectivity index (χ1) is 12.3. The molecule has 0 radical (unpaired) electrons. The highest BCUT2D eigenvalue weighted by atomic mass is 32.2. The highest BCUT2D eigenvalue weighted by Crippen LogP contribution is 2.33. The van der Waals surface area contributed by atoms with Crippen LogP contribution in [0.5, 0.6) is 0 Å². The molecular weight excluding hydrogens is 378 g/mol. The second-order valence-corrected chi connectivity index (χ2v) is 8.43. The van der Waals surface area contributed by atoms with Crippen molar-refractivity contribution < 1.29 is 18.0 Å². The summed E-state index contributed by atoms with van der Waals surface area (Å²) in [4.78, 5) is 24.8. The molecule has 0 saturated carbocycles. The lowest BCUT2D eigenvalue weighted by molar-refractivity contribution is -0.145. The van der Waals surface area contributed by atoms with Crippen molar-refractivity contribution in [2.45, 2.75) is 24.8 Å². The van der Waals surface area contributed by atoms with Crippen LogP contribution in [0.2, 0.25) is 0 Å². The smallest absolute Gasteiger partial charge is 0.270 e. The first-order valence-corrected chi connectivity index (χ1v) is 10.6. The molecule has 1 fully saturated rings. The first kappa shape index (κ1) is 18.4. The third-order valence-corrected chi connectivity index (χ3v) is 5.86. The van der Waals surface area contributed by atoms with Crippen LogP contribution in [-0.2, 0) is 19.4 Å². The number of hydrazine groups is 1. The maximum atomic E-state index is 12.3. The van der Waals surface area contributed by atoms with Crippen molar-refractivity contribution in [3.63, 3.8) is 0 Å². The van der Waals surface area contributed by atoms with Crippen molar-refractivity contribution in [2.24, 2.45) is 10.2 Å². The van der Waals surface area contributed by atoms with Crippen molar-refractivity contribution in [3.05, 3.63) is 18.2 Å². The summed E-state index contributed by atoms with van der Waals surface area (Å²) in [6.45, 7) is 4.28. The van der Waals surface area contributed by atoms with Crippen molar-refractivity contribution in [1.29, 1.82) is 0 Å². The molecule has 26 heavy (non-hydrogen) atoms. The van der Waals surface area contributed by atoms with Crippen LogP contribution in [0, 0.1) is 0 Å². The highest BCUT2D eigenvalue weighted by Gasteiger charge is 2.44. The Hall–Kier alpha value is -2.40. The first-order valence-electron chi connectivity index (χ1n) is 7.91. The van der Waals surface area contributed by atoms with Crippen molar-refractivity contribution in [1.82, 2.24) is 14.4 Å². The highest BCUT2D eigenvalue weighted by molar-refractivity contribution is 7.90. The van der Waals surface area contributed by atoms with Crippen LogP contribution in [0.25, 0.3) is 10.9 Å². The second-order valence-electron chi connectivity index (χ2n) is 5.66. The number of benzene rings is 1. The van der Waals surface area contributed by atoms with Crippen LogP contribution in [-0.4, -0.2) is 60.0 Å². The Balaban J connectivity index is 1.96. The third kappa shape index (κ3) is 3.07. The number of nitrogens with zero attached hydrogens (tertiary/aromatic N) is 5. The molecular formula is C15H17N5O4S2. The molecule has 2 amide bonds. The predicted molar refractivity (Wildman–Crippen MR) is 95.8 cm³/mol. The van der Waals surface area contributed by atoms with Crippen molar-refractivity contribution in [3.8, 4) is 0 Å². The van der Waals surface area contributed by atoms with Crippen molar-refractivity contribution >= 4 is 49.1 Å². The fraction of sp³-hybridized carbons (Fsp3) is 0.400. The molecule has 2 aromatic rings. The summed E-state index contributed by atoms with van der Waals surface area (Å²) in [5.74, 6) is -0.845. The zero-order valence-electron chi connectivity index (χ0n) is 14.4. The summed E-state index contributed by atoms with van der Waals surface area (Å²) in [7, 11) is -3.38. The van der Waals surface area contributed by atoms with Crippen LogP contribution in [0.3, 0.4) is 0 Å². The summed E-state index contributed by atoms with van der Waals surface area (Å²) in [5, 5.41) is 11.5. The quantitative estimate of drug-likeness (QED) is 0.566. The maximum Gasteiger partial charge on any atom is 0.277 e. The van der Waals surface area contributed by atoms with E-state index in [4.69, 9.17) is 0 Å². The van der Waals surface area contributed by atoms with E-state index in [0.29, 0.717) is 29.0 Å². The molecule has 1 aromatic heterocycles. The molecule has 0 spiro atoms. The molecule has 1 aliphatic heterocycles. The van der Waals surface area contributed by atoms with Gasteiger partial charge in [-0.1, -0.05) is 0 Å². The number of azo groups is 1. The molecule has 1 aromatic carbocycles. The monoisotopic (exact) mass is 395 g/mol. The van der Waals surface area contributed by atoms with Gasteiger partial charge in [0.05, 0.1) is 10.4 Å². The van der Waals surface area contributed by atoms with E-state index in [2.05, 4.69) is 14.6 Å². The number of hydrogen-bond acceptors (Lipinski definition) is 8. The Morgan fingerprint density at radius 1 is 1.15 bits per heavy atom. The zero-order valence-corrected chi connectivity index (χ0v) is 16.0. The SMILES string of the molecule is CCN1C(=O)C(N=Nc2snc3ccc(S(C)(=O)=O)cc23)C(=O)N1CC. The van der Waals surface area contributed by atoms with Gasteiger partial charge in [-0.25, -0.2) is 18.4 Å². The number of rotatable bonds is 5. The lowest BCUT2D eigenvalue weighted by Gasteiger charge is -2.24. The number of hydrogen-bond donors (Lipinski definition) is 0. The van der Waals surface area contributed by atoms with E-state index < -0.39 is 27.7 Å². The number of carbonyl (C=O) groups is 2. The number of fused-ring (bicyclic) bond motifs is 1. The topological polar surface area (TPSA) is 112 Å². The number of amides is 2. The van der Waals surface area contributed by atoms with Gasteiger partial charge in [-0.05, 0) is 43.6 Å². The van der Waals surface area contributed by atoms with Crippen LogP contribution in [0.15, 0.2) is 33.3 Å². The lowest BCUT2D eigenvalue weighted by atomic mass is 10.2. The average Bonchev–Trinajstić information content (AvgIpc) is 3.10. The minimum atomic E-state index is -3.38. The van der Waals surface area contributed by atoms with Gasteiger partial charge >= 0.3 is 0 Å². The van der Waals surface area contributed by atoms with Gasteiger partial charge in [0.1, 0.15) is 0 Å². The van der Waals surface area contributed by atoms with Gasteiger partial charge in [-0.2, -0.15) is 9.49 Å². The molecule has 0 N–H and O–H groups in total. The van der Waals surface area contributed by atoms with E-state index in [1.54, 1.807) is 19.9 Å².